The minimum Gasteiger partial charge on any atom is -0.493 e. The second-order valence-electron chi connectivity index (χ2n) is 8.04. The number of methoxy groups -OCH3 is 3. The van der Waals surface area contributed by atoms with Gasteiger partial charge in [-0.25, -0.2) is 4.79 Å². The van der Waals surface area contributed by atoms with Crippen LogP contribution in [0.1, 0.15) is 10.4 Å². The largest absolute Gasteiger partial charge is 0.493 e. The Morgan fingerprint density at radius 3 is 2.47 bits per heavy atom. The van der Waals surface area contributed by atoms with Crippen LogP contribution in [0.3, 0.4) is 0 Å². The summed E-state index contributed by atoms with van der Waals surface area (Å²) in [7, 11) is 4.59. The zero-order valence-electron chi connectivity index (χ0n) is 20.4. The number of aromatic nitrogens is 5. The van der Waals surface area contributed by atoms with E-state index in [0.29, 0.717) is 61.2 Å². The predicted molar refractivity (Wildman–Crippen MR) is 134 cm³/mol. The highest BCUT2D eigenvalue weighted by molar-refractivity contribution is 7.20. The number of rotatable bonds is 7. The molecule has 13 heteroatoms. The van der Waals surface area contributed by atoms with E-state index >= 15 is 0 Å². The van der Waals surface area contributed by atoms with Crippen LogP contribution in [0.2, 0.25) is 0 Å². The summed E-state index contributed by atoms with van der Waals surface area (Å²) in [5.41, 5.74) is 2.06. The SMILES string of the molecule is COc1cc(-n2nc(-c3ccc4c(c3)OCO4)n[n+]2-c2nc3ccc(C(=O)O)cc3s2)cc(OC)c1OC. The number of aromatic carboxylic acids is 1. The van der Waals surface area contributed by atoms with Gasteiger partial charge in [-0.3, -0.25) is 0 Å². The van der Waals surface area contributed by atoms with Crippen LogP contribution in [0, 0.1) is 0 Å². The minimum absolute atomic E-state index is 0.149. The molecule has 2 aromatic heterocycles. The van der Waals surface area contributed by atoms with Gasteiger partial charge in [0.15, 0.2) is 28.5 Å². The maximum absolute atomic E-state index is 11.5. The molecule has 1 aliphatic heterocycles. The molecule has 192 valence electrons. The van der Waals surface area contributed by atoms with Crippen LogP contribution >= 0.6 is 11.3 Å². The fraction of sp³-hybridized carbons (Fsp3) is 0.160. The van der Waals surface area contributed by atoms with E-state index in [0.717, 1.165) is 0 Å². The Bertz CT molecular complexity index is 1690. The zero-order valence-corrected chi connectivity index (χ0v) is 21.2. The molecule has 0 aliphatic carbocycles. The molecule has 1 aliphatic rings. The van der Waals surface area contributed by atoms with E-state index < -0.39 is 5.97 Å². The van der Waals surface area contributed by atoms with E-state index in [2.05, 4.69) is 4.98 Å². The summed E-state index contributed by atoms with van der Waals surface area (Å²) >= 11 is 1.28. The Labute approximate surface area is 219 Å². The van der Waals surface area contributed by atoms with E-state index in [1.165, 1.54) is 43.5 Å². The number of benzene rings is 3. The van der Waals surface area contributed by atoms with Crippen molar-refractivity contribution in [3.05, 3.63) is 54.1 Å². The van der Waals surface area contributed by atoms with Crippen LogP contribution in [0.15, 0.2) is 48.5 Å². The molecule has 1 N–H and O–H groups in total. The van der Waals surface area contributed by atoms with Crippen molar-refractivity contribution in [2.24, 2.45) is 0 Å². The second kappa shape index (κ2) is 9.19. The molecule has 5 aromatic rings. The summed E-state index contributed by atoms with van der Waals surface area (Å²) in [6.07, 6.45) is 0. The first-order chi connectivity index (χ1) is 18.5. The lowest BCUT2D eigenvalue weighted by Gasteiger charge is -2.13. The third kappa shape index (κ3) is 3.89. The molecule has 0 saturated heterocycles. The van der Waals surface area contributed by atoms with E-state index in [4.69, 9.17) is 33.9 Å². The molecule has 3 heterocycles. The van der Waals surface area contributed by atoms with E-state index in [1.807, 2.05) is 6.07 Å². The van der Waals surface area contributed by atoms with Crippen molar-refractivity contribution in [1.82, 2.24) is 20.0 Å². The molecule has 0 saturated carbocycles. The smallest absolute Gasteiger partial charge is 0.365 e. The second-order valence-corrected chi connectivity index (χ2v) is 9.05. The summed E-state index contributed by atoms with van der Waals surface area (Å²) in [4.78, 5) is 19.2. The van der Waals surface area contributed by atoms with Crippen LogP contribution < -0.4 is 28.5 Å². The highest BCUT2D eigenvalue weighted by atomic mass is 32.1. The fourth-order valence-corrected chi connectivity index (χ4v) is 4.98. The van der Waals surface area contributed by atoms with Gasteiger partial charge in [0, 0.05) is 22.8 Å². The Morgan fingerprint density at radius 2 is 1.76 bits per heavy atom. The van der Waals surface area contributed by atoms with Gasteiger partial charge in [0.05, 0.1) is 31.6 Å². The zero-order chi connectivity index (χ0) is 26.4. The van der Waals surface area contributed by atoms with Crippen molar-refractivity contribution in [2.75, 3.05) is 28.1 Å². The van der Waals surface area contributed by atoms with Crippen LogP contribution in [0.5, 0.6) is 28.7 Å². The number of nitrogens with zero attached hydrogens (tertiary/aromatic N) is 5. The fourth-order valence-electron chi connectivity index (χ4n) is 4.04. The lowest BCUT2D eigenvalue weighted by Crippen LogP contribution is -2.43. The molecule has 0 spiro atoms. The van der Waals surface area contributed by atoms with Gasteiger partial charge in [-0.1, -0.05) is 16.3 Å². The molecule has 0 radical (unpaired) electrons. The first-order valence-electron chi connectivity index (χ1n) is 11.2. The Morgan fingerprint density at radius 1 is 1.00 bits per heavy atom. The van der Waals surface area contributed by atoms with E-state index in [9.17, 15) is 9.90 Å². The highest BCUT2D eigenvalue weighted by Gasteiger charge is 2.28. The van der Waals surface area contributed by atoms with Gasteiger partial charge in [-0.15, -0.1) is 0 Å². The third-order valence-electron chi connectivity index (χ3n) is 5.86. The van der Waals surface area contributed by atoms with Crippen molar-refractivity contribution in [2.45, 2.75) is 0 Å². The van der Waals surface area contributed by atoms with Crippen molar-refractivity contribution in [3.63, 3.8) is 0 Å². The summed E-state index contributed by atoms with van der Waals surface area (Å²) in [5, 5.41) is 19.4. The molecule has 12 nitrogen and oxygen atoms in total. The van der Waals surface area contributed by atoms with Crippen LogP contribution in [0.25, 0.3) is 32.4 Å². The number of tetrazole rings is 1. The average molecular weight is 535 g/mol. The van der Waals surface area contributed by atoms with Crippen LogP contribution in [-0.2, 0) is 0 Å². The van der Waals surface area contributed by atoms with Gasteiger partial charge in [0.1, 0.15) is 5.69 Å². The maximum atomic E-state index is 11.5. The maximum Gasteiger partial charge on any atom is 0.365 e. The normalized spacial score (nSPS) is 12.1. The number of thiazole rings is 1. The van der Waals surface area contributed by atoms with Gasteiger partial charge >= 0.3 is 11.1 Å². The molecule has 6 rings (SSSR count). The number of carboxylic acid groups (broad SMARTS) is 1. The number of carboxylic acids is 1. The lowest BCUT2D eigenvalue weighted by atomic mass is 10.2. The number of hydrogen-bond acceptors (Lipinski definition) is 10. The standard InChI is InChI=1S/C25H19N5O7S/c1-33-19-10-15(11-20(34-2)22(19)35-3)29-27-23(13-5-7-17-18(8-13)37-12-36-17)28-30(29)25-26-16-6-4-14(24(31)32)9-21(16)38-25/h4-11H,12H2,1-3H3/p+1. The highest BCUT2D eigenvalue weighted by Crippen LogP contribution is 2.39. The van der Waals surface area contributed by atoms with Gasteiger partial charge < -0.3 is 28.8 Å². The van der Waals surface area contributed by atoms with E-state index in [1.54, 1.807) is 41.2 Å². The molecule has 3 aromatic carbocycles. The first kappa shape index (κ1) is 23.5. The van der Waals surface area contributed by atoms with Crippen LogP contribution in [0.4, 0.5) is 0 Å². The quantitative estimate of drug-likeness (QED) is 0.310. The monoisotopic (exact) mass is 534 g/mol. The topological polar surface area (TPSA) is 131 Å². The van der Waals surface area contributed by atoms with Crippen molar-refractivity contribution < 1.29 is 38.4 Å². The molecule has 0 bridgehead atoms. The average Bonchev–Trinajstić information content (AvgIpc) is 3.68. The number of hydrogen-bond donors (Lipinski definition) is 1. The van der Waals surface area contributed by atoms with E-state index in [-0.39, 0.29) is 12.4 Å². The van der Waals surface area contributed by atoms with Crippen molar-refractivity contribution >= 4 is 27.5 Å². The molecular formula is C25H20N5O7S+. The predicted octanol–water partition coefficient (Wildman–Crippen LogP) is 3.27. The van der Waals surface area contributed by atoms with Gasteiger partial charge in [0.2, 0.25) is 12.5 Å². The van der Waals surface area contributed by atoms with Crippen molar-refractivity contribution in [1.29, 1.82) is 0 Å². The summed E-state index contributed by atoms with van der Waals surface area (Å²) in [6, 6.07) is 13.7. The third-order valence-corrected chi connectivity index (χ3v) is 6.85. The molecular weight excluding hydrogens is 514 g/mol. The summed E-state index contributed by atoms with van der Waals surface area (Å²) in [5.74, 6) is 1.92. The lowest BCUT2D eigenvalue weighted by molar-refractivity contribution is -0.734. The molecule has 0 amide bonds. The molecule has 0 atom stereocenters. The molecule has 0 unspecified atom stereocenters. The van der Waals surface area contributed by atoms with Crippen LogP contribution in [-0.4, -0.2) is 59.2 Å². The number of fused-ring (bicyclic) bond motifs is 2. The molecule has 0 fully saturated rings. The minimum atomic E-state index is -1.01. The Balaban J connectivity index is 1.56. The number of ether oxygens (including phenoxy) is 5. The summed E-state index contributed by atoms with van der Waals surface area (Å²) in [6.45, 7) is 0.149. The van der Waals surface area contributed by atoms with Gasteiger partial charge in [-0.05, 0) is 51.1 Å². The van der Waals surface area contributed by atoms with Gasteiger partial charge in [-0.2, -0.15) is 0 Å². The Kier molecular flexibility index (Phi) is 5.68. The molecule has 38 heavy (non-hydrogen) atoms. The summed E-state index contributed by atoms with van der Waals surface area (Å²) < 4.78 is 28.2. The van der Waals surface area contributed by atoms with Gasteiger partial charge in [0.25, 0.3) is 5.82 Å². The number of carbonyl (C=O) groups is 1. The van der Waals surface area contributed by atoms with Crippen molar-refractivity contribution in [3.8, 4) is 51.0 Å². The first-order valence-corrected chi connectivity index (χ1v) is 12.0. The Hall–Kier alpha value is -4.91.